The summed E-state index contributed by atoms with van der Waals surface area (Å²) in [5, 5.41) is 5.64. The molecule has 8 nitrogen and oxygen atoms in total. The first-order valence-corrected chi connectivity index (χ1v) is 9.63. The summed E-state index contributed by atoms with van der Waals surface area (Å²) in [6.45, 7) is 5.25. The maximum Gasteiger partial charge on any atom is 0.267 e. The van der Waals surface area contributed by atoms with E-state index >= 15 is 0 Å². The number of aromatic nitrogens is 5. The SMILES string of the molecule is O=c1cc2c(nn1CCN1CCN(c3ncnc4[nH]ccc34)CC1)CCC2. The van der Waals surface area contributed by atoms with E-state index in [4.69, 9.17) is 0 Å². The van der Waals surface area contributed by atoms with E-state index in [1.165, 1.54) is 0 Å². The van der Waals surface area contributed by atoms with Gasteiger partial charge in [-0.15, -0.1) is 0 Å². The Morgan fingerprint density at radius 2 is 1.96 bits per heavy atom. The molecular formula is C19H23N7O. The highest BCUT2D eigenvalue weighted by molar-refractivity contribution is 5.87. The maximum atomic E-state index is 12.2. The fraction of sp³-hybridized carbons (Fsp3) is 0.474. The van der Waals surface area contributed by atoms with Crippen molar-refractivity contribution in [1.82, 2.24) is 29.6 Å². The van der Waals surface area contributed by atoms with Crippen LogP contribution in [0.2, 0.25) is 0 Å². The third-order valence-electron chi connectivity index (χ3n) is 5.66. The van der Waals surface area contributed by atoms with Crippen LogP contribution in [-0.4, -0.2) is 62.4 Å². The van der Waals surface area contributed by atoms with Crippen LogP contribution < -0.4 is 10.5 Å². The van der Waals surface area contributed by atoms with Crippen molar-refractivity contribution in [3.05, 3.63) is 46.3 Å². The molecule has 3 aromatic heterocycles. The molecule has 0 saturated carbocycles. The third kappa shape index (κ3) is 3.10. The van der Waals surface area contributed by atoms with Crippen LogP contribution in [0.4, 0.5) is 5.82 Å². The van der Waals surface area contributed by atoms with Crippen molar-refractivity contribution < 1.29 is 0 Å². The van der Waals surface area contributed by atoms with Crippen molar-refractivity contribution in [3.63, 3.8) is 0 Å². The molecule has 5 rings (SSSR count). The number of H-pyrrole nitrogens is 1. The standard InChI is InChI=1S/C19H23N7O/c27-17-12-14-2-1-3-16(14)23-26(17)11-8-24-6-9-25(10-7-24)19-15-4-5-20-18(15)21-13-22-19/h4-5,12-13H,1-3,6-11H2,(H,20,21,22). The van der Waals surface area contributed by atoms with Crippen molar-refractivity contribution in [2.75, 3.05) is 37.6 Å². The second-order valence-corrected chi connectivity index (χ2v) is 7.30. The van der Waals surface area contributed by atoms with Gasteiger partial charge in [-0.05, 0) is 30.9 Å². The number of piperazine rings is 1. The highest BCUT2D eigenvalue weighted by atomic mass is 16.1. The van der Waals surface area contributed by atoms with Gasteiger partial charge in [-0.25, -0.2) is 14.6 Å². The molecule has 4 heterocycles. The lowest BCUT2D eigenvalue weighted by molar-refractivity contribution is 0.242. The summed E-state index contributed by atoms with van der Waals surface area (Å²) in [7, 11) is 0. The molecule has 1 saturated heterocycles. The first-order valence-electron chi connectivity index (χ1n) is 9.63. The van der Waals surface area contributed by atoms with Gasteiger partial charge in [0, 0.05) is 45.0 Å². The Morgan fingerprint density at radius 1 is 1.07 bits per heavy atom. The van der Waals surface area contributed by atoms with Crippen molar-refractivity contribution in [2.45, 2.75) is 25.8 Å². The van der Waals surface area contributed by atoms with Gasteiger partial charge in [-0.2, -0.15) is 5.10 Å². The van der Waals surface area contributed by atoms with E-state index in [1.54, 1.807) is 17.1 Å². The summed E-state index contributed by atoms with van der Waals surface area (Å²) < 4.78 is 1.64. The third-order valence-corrected chi connectivity index (χ3v) is 5.66. The minimum absolute atomic E-state index is 0.0325. The van der Waals surface area contributed by atoms with Gasteiger partial charge in [0.2, 0.25) is 0 Å². The Morgan fingerprint density at radius 3 is 2.85 bits per heavy atom. The lowest BCUT2D eigenvalue weighted by Gasteiger charge is -2.35. The second-order valence-electron chi connectivity index (χ2n) is 7.30. The van der Waals surface area contributed by atoms with E-state index in [2.05, 4.69) is 29.9 Å². The summed E-state index contributed by atoms with van der Waals surface area (Å²) in [5.41, 5.74) is 3.17. The molecule has 1 aliphatic carbocycles. The largest absolute Gasteiger partial charge is 0.353 e. The maximum absolute atomic E-state index is 12.2. The molecule has 0 spiro atoms. The fourth-order valence-corrected chi connectivity index (χ4v) is 4.13. The van der Waals surface area contributed by atoms with Crippen LogP contribution in [0.25, 0.3) is 11.0 Å². The lowest BCUT2D eigenvalue weighted by Crippen LogP contribution is -2.48. The Kier molecular flexibility index (Phi) is 4.12. The number of hydrogen-bond acceptors (Lipinski definition) is 6. The second kappa shape index (κ2) is 6.77. The zero-order valence-corrected chi connectivity index (χ0v) is 15.3. The quantitative estimate of drug-likeness (QED) is 0.737. The fourth-order valence-electron chi connectivity index (χ4n) is 4.13. The zero-order valence-electron chi connectivity index (χ0n) is 15.3. The summed E-state index contributed by atoms with van der Waals surface area (Å²) in [5.74, 6) is 0.998. The smallest absolute Gasteiger partial charge is 0.267 e. The molecule has 0 bridgehead atoms. The molecule has 8 heteroatoms. The molecule has 0 unspecified atom stereocenters. The van der Waals surface area contributed by atoms with E-state index in [-0.39, 0.29) is 5.56 Å². The van der Waals surface area contributed by atoms with Crippen molar-refractivity contribution >= 4 is 16.9 Å². The van der Waals surface area contributed by atoms with Crippen LogP contribution in [-0.2, 0) is 19.4 Å². The normalized spacial score (nSPS) is 17.6. The summed E-state index contributed by atoms with van der Waals surface area (Å²) >= 11 is 0. The minimum Gasteiger partial charge on any atom is -0.353 e. The van der Waals surface area contributed by atoms with Crippen LogP contribution >= 0.6 is 0 Å². The monoisotopic (exact) mass is 365 g/mol. The Balaban J connectivity index is 1.22. The molecule has 140 valence electrons. The van der Waals surface area contributed by atoms with Gasteiger partial charge in [0.05, 0.1) is 17.6 Å². The minimum atomic E-state index is 0.0325. The van der Waals surface area contributed by atoms with E-state index < -0.39 is 0 Å². The Labute approximate surface area is 156 Å². The van der Waals surface area contributed by atoms with Gasteiger partial charge in [0.25, 0.3) is 5.56 Å². The number of nitrogens with one attached hydrogen (secondary N) is 1. The lowest BCUT2D eigenvalue weighted by atomic mass is 10.2. The predicted molar refractivity (Wildman–Crippen MR) is 103 cm³/mol. The molecule has 0 aromatic carbocycles. The molecule has 3 aromatic rings. The van der Waals surface area contributed by atoms with Crippen molar-refractivity contribution in [3.8, 4) is 0 Å². The number of rotatable bonds is 4. The van der Waals surface area contributed by atoms with Gasteiger partial charge in [-0.1, -0.05) is 0 Å². The van der Waals surface area contributed by atoms with Gasteiger partial charge in [-0.3, -0.25) is 9.69 Å². The zero-order chi connectivity index (χ0) is 18.2. The van der Waals surface area contributed by atoms with E-state index in [9.17, 15) is 4.79 Å². The summed E-state index contributed by atoms with van der Waals surface area (Å²) in [6.07, 6.45) is 6.64. The summed E-state index contributed by atoms with van der Waals surface area (Å²) in [6, 6.07) is 3.81. The van der Waals surface area contributed by atoms with Crippen LogP contribution in [0.1, 0.15) is 17.7 Å². The van der Waals surface area contributed by atoms with E-state index in [0.29, 0.717) is 6.54 Å². The average molecular weight is 365 g/mol. The highest BCUT2D eigenvalue weighted by Gasteiger charge is 2.21. The first-order chi connectivity index (χ1) is 13.3. The molecule has 1 N–H and O–H groups in total. The molecule has 2 aliphatic rings. The van der Waals surface area contributed by atoms with Crippen LogP contribution in [0.5, 0.6) is 0 Å². The van der Waals surface area contributed by atoms with Crippen molar-refractivity contribution in [1.29, 1.82) is 0 Å². The van der Waals surface area contributed by atoms with Gasteiger partial charge in [0.15, 0.2) is 0 Å². The van der Waals surface area contributed by atoms with Crippen LogP contribution in [0.3, 0.4) is 0 Å². The number of aromatic amines is 1. The molecule has 0 amide bonds. The Hall–Kier alpha value is -2.74. The molecular weight excluding hydrogens is 342 g/mol. The van der Waals surface area contributed by atoms with E-state index in [0.717, 1.165) is 80.1 Å². The van der Waals surface area contributed by atoms with Crippen LogP contribution in [0, 0.1) is 0 Å². The number of fused-ring (bicyclic) bond motifs is 2. The molecule has 27 heavy (non-hydrogen) atoms. The van der Waals surface area contributed by atoms with Crippen LogP contribution in [0.15, 0.2) is 29.5 Å². The van der Waals surface area contributed by atoms with Crippen molar-refractivity contribution in [2.24, 2.45) is 0 Å². The molecule has 0 atom stereocenters. The summed E-state index contributed by atoms with van der Waals surface area (Å²) in [4.78, 5) is 28.8. The number of hydrogen-bond donors (Lipinski definition) is 1. The van der Waals surface area contributed by atoms with Gasteiger partial charge in [0.1, 0.15) is 17.8 Å². The Bertz CT molecular complexity index is 1020. The topological polar surface area (TPSA) is 82.9 Å². The van der Waals surface area contributed by atoms with Gasteiger partial charge < -0.3 is 9.88 Å². The highest BCUT2D eigenvalue weighted by Crippen LogP contribution is 2.23. The van der Waals surface area contributed by atoms with E-state index in [1.807, 2.05) is 12.3 Å². The first kappa shape index (κ1) is 16.4. The predicted octanol–water partition coefficient (Wildman–Crippen LogP) is 0.825. The molecule has 0 radical (unpaired) electrons. The average Bonchev–Trinajstić information content (AvgIpc) is 3.35. The number of nitrogens with zero attached hydrogens (tertiary/aromatic N) is 6. The number of anilines is 1. The van der Waals surface area contributed by atoms with Gasteiger partial charge >= 0.3 is 0 Å². The molecule has 1 aliphatic heterocycles. The molecule has 1 fully saturated rings. The number of aryl methyl sites for hydroxylation is 2.